The molecule has 23 heavy (non-hydrogen) atoms. The van der Waals surface area contributed by atoms with Gasteiger partial charge in [0.05, 0.1) is 15.5 Å². The highest BCUT2D eigenvalue weighted by Crippen LogP contribution is 2.33. The average molecular weight is 349 g/mol. The van der Waals surface area contributed by atoms with Crippen molar-refractivity contribution >= 4 is 44.4 Å². The Balaban J connectivity index is 1.65. The SMILES string of the molecule is CCC(SC1CCCCC1)C(=O)Nc1nc2ccc(C)cc2s1. The molecule has 0 spiro atoms. The Bertz CT molecular complexity index is 677. The van der Waals surface area contributed by atoms with E-state index < -0.39 is 0 Å². The Morgan fingerprint density at radius 1 is 1.39 bits per heavy atom. The number of hydrogen-bond donors (Lipinski definition) is 1. The van der Waals surface area contributed by atoms with Crippen molar-refractivity contribution in [2.75, 3.05) is 5.32 Å². The zero-order valence-electron chi connectivity index (χ0n) is 13.8. The van der Waals surface area contributed by atoms with Gasteiger partial charge in [0, 0.05) is 5.25 Å². The van der Waals surface area contributed by atoms with Crippen LogP contribution in [0.4, 0.5) is 5.13 Å². The monoisotopic (exact) mass is 348 g/mol. The second-order valence-corrected chi connectivity index (χ2v) is 8.81. The Morgan fingerprint density at radius 2 is 2.17 bits per heavy atom. The van der Waals surface area contributed by atoms with Crippen molar-refractivity contribution in [1.82, 2.24) is 4.98 Å². The zero-order chi connectivity index (χ0) is 16.2. The fourth-order valence-electron chi connectivity index (χ4n) is 3.05. The Kier molecular flexibility index (Phi) is 5.59. The number of hydrogen-bond acceptors (Lipinski definition) is 4. The van der Waals surface area contributed by atoms with Crippen LogP contribution in [-0.2, 0) is 4.79 Å². The molecule has 0 aliphatic heterocycles. The van der Waals surface area contributed by atoms with Crippen LogP contribution in [0.25, 0.3) is 10.2 Å². The largest absolute Gasteiger partial charge is 0.301 e. The van der Waals surface area contributed by atoms with Crippen LogP contribution in [0.15, 0.2) is 18.2 Å². The van der Waals surface area contributed by atoms with E-state index in [1.807, 2.05) is 17.8 Å². The van der Waals surface area contributed by atoms with Gasteiger partial charge in [-0.05, 0) is 43.9 Å². The molecule has 1 heterocycles. The number of benzene rings is 1. The highest BCUT2D eigenvalue weighted by Gasteiger charge is 2.24. The van der Waals surface area contributed by atoms with Gasteiger partial charge in [-0.2, -0.15) is 0 Å². The highest BCUT2D eigenvalue weighted by molar-refractivity contribution is 8.01. The van der Waals surface area contributed by atoms with Gasteiger partial charge in [0.1, 0.15) is 0 Å². The van der Waals surface area contributed by atoms with E-state index in [2.05, 4.69) is 36.3 Å². The Labute approximate surface area is 146 Å². The second kappa shape index (κ2) is 7.67. The highest BCUT2D eigenvalue weighted by atomic mass is 32.2. The number of thiazole rings is 1. The van der Waals surface area contributed by atoms with Gasteiger partial charge in [-0.25, -0.2) is 4.98 Å². The summed E-state index contributed by atoms with van der Waals surface area (Å²) < 4.78 is 1.13. The van der Waals surface area contributed by atoms with Crippen LogP contribution in [0.1, 0.15) is 51.0 Å². The van der Waals surface area contributed by atoms with Gasteiger partial charge in [0.2, 0.25) is 5.91 Å². The number of nitrogens with one attached hydrogen (secondary N) is 1. The molecule has 1 atom stereocenters. The molecular formula is C18H24N2OS2. The molecule has 124 valence electrons. The predicted molar refractivity (Wildman–Crippen MR) is 102 cm³/mol. The number of carbonyl (C=O) groups is 1. The van der Waals surface area contributed by atoms with E-state index in [-0.39, 0.29) is 11.2 Å². The zero-order valence-corrected chi connectivity index (χ0v) is 15.4. The van der Waals surface area contributed by atoms with Gasteiger partial charge >= 0.3 is 0 Å². The van der Waals surface area contributed by atoms with Crippen molar-refractivity contribution in [2.45, 2.75) is 62.9 Å². The van der Waals surface area contributed by atoms with Crippen LogP contribution in [-0.4, -0.2) is 21.4 Å². The predicted octanol–water partition coefficient (Wildman–Crippen LogP) is 5.39. The molecule has 5 heteroatoms. The maximum atomic E-state index is 12.6. The molecule has 1 aliphatic carbocycles. The summed E-state index contributed by atoms with van der Waals surface area (Å²) in [7, 11) is 0. The third-order valence-electron chi connectivity index (χ3n) is 4.35. The fourth-order valence-corrected chi connectivity index (χ4v) is 5.46. The molecule has 1 aliphatic rings. The molecule has 1 aromatic carbocycles. The first-order valence-electron chi connectivity index (χ1n) is 8.49. The standard InChI is InChI=1S/C18H24N2OS2/c1-3-15(22-13-7-5-4-6-8-13)17(21)20-18-19-14-10-9-12(2)11-16(14)23-18/h9-11,13,15H,3-8H2,1-2H3,(H,19,20,21). The van der Waals surface area contributed by atoms with Crippen molar-refractivity contribution in [3.63, 3.8) is 0 Å². The minimum atomic E-state index is 0.0341. The number of aromatic nitrogens is 1. The molecule has 1 unspecified atom stereocenters. The third kappa shape index (κ3) is 4.27. The van der Waals surface area contributed by atoms with E-state index in [1.165, 1.54) is 37.7 Å². The molecule has 0 saturated heterocycles. The molecule has 1 amide bonds. The van der Waals surface area contributed by atoms with Gasteiger partial charge in [-0.3, -0.25) is 4.79 Å². The lowest BCUT2D eigenvalue weighted by molar-refractivity contribution is -0.115. The van der Waals surface area contributed by atoms with Crippen molar-refractivity contribution in [2.24, 2.45) is 0 Å². The smallest absolute Gasteiger partial charge is 0.239 e. The maximum Gasteiger partial charge on any atom is 0.239 e. The van der Waals surface area contributed by atoms with Crippen LogP contribution < -0.4 is 5.32 Å². The quantitative estimate of drug-likeness (QED) is 0.788. The fraction of sp³-hybridized carbons (Fsp3) is 0.556. The molecule has 3 nitrogen and oxygen atoms in total. The molecule has 2 aromatic rings. The summed E-state index contributed by atoms with van der Waals surface area (Å²) in [6.07, 6.45) is 7.37. The topological polar surface area (TPSA) is 42.0 Å². The Morgan fingerprint density at radius 3 is 2.91 bits per heavy atom. The molecule has 1 fully saturated rings. The van der Waals surface area contributed by atoms with Crippen LogP contribution >= 0.6 is 23.1 Å². The first-order chi connectivity index (χ1) is 11.2. The summed E-state index contributed by atoms with van der Waals surface area (Å²) in [5.41, 5.74) is 2.18. The molecule has 0 bridgehead atoms. The lowest BCUT2D eigenvalue weighted by atomic mass is 10.0. The van der Waals surface area contributed by atoms with Gasteiger partial charge < -0.3 is 5.32 Å². The minimum Gasteiger partial charge on any atom is -0.301 e. The number of amides is 1. The van der Waals surface area contributed by atoms with Gasteiger partial charge in [-0.1, -0.05) is 43.6 Å². The molecule has 1 aromatic heterocycles. The van der Waals surface area contributed by atoms with Crippen LogP contribution in [0.3, 0.4) is 0 Å². The number of fused-ring (bicyclic) bond motifs is 1. The molecule has 3 rings (SSSR count). The summed E-state index contributed by atoms with van der Waals surface area (Å²) in [6.45, 7) is 4.17. The first-order valence-corrected chi connectivity index (χ1v) is 10.2. The van der Waals surface area contributed by atoms with Gasteiger partial charge in [0.25, 0.3) is 0 Å². The average Bonchev–Trinajstić information content (AvgIpc) is 2.94. The second-order valence-electron chi connectivity index (χ2n) is 6.27. The number of nitrogens with zero attached hydrogens (tertiary/aromatic N) is 1. The van der Waals surface area contributed by atoms with E-state index in [4.69, 9.17) is 0 Å². The lowest BCUT2D eigenvalue weighted by Gasteiger charge is -2.24. The molecular weight excluding hydrogens is 324 g/mol. The molecule has 0 radical (unpaired) electrons. The molecule has 1 saturated carbocycles. The van der Waals surface area contributed by atoms with Crippen LogP contribution in [0, 0.1) is 6.92 Å². The van der Waals surface area contributed by atoms with E-state index >= 15 is 0 Å². The van der Waals surface area contributed by atoms with E-state index in [0.29, 0.717) is 5.25 Å². The van der Waals surface area contributed by atoms with Crippen molar-refractivity contribution in [3.8, 4) is 0 Å². The van der Waals surface area contributed by atoms with E-state index in [1.54, 1.807) is 11.3 Å². The van der Waals surface area contributed by atoms with Crippen molar-refractivity contribution in [3.05, 3.63) is 23.8 Å². The van der Waals surface area contributed by atoms with Crippen LogP contribution in [0.5, 0.6) is 0 Å². The number of carbonyl (C=O) groups excluding carboxylic acids is 1. The minimum absolute atomic E-state index is 0.0341. The molecule has 1 N–H and O–H groups in total. The Hall–Kier alpha value is -1.07. The van der Waals surface area contributed by atoms with Gasteiger partial charge in [-0.15, -0.1) is 11.8 Å². The third-order valence-corrected chi connectivity index (χ3v) is 7.01. The lowest BCUT2D eigenvalue weighted by Crippen LogP contribution is -2.27. The van der Waals surface area contributed by atoms with Gasteiger partial charge in [0.15, 0.2) is 5.13 Å². The summed E-state index contributed by atoms with van der Waals surface area (Å²) >= 11 is 3.43. The first kappa shape index (κ1) is 16.8. The number of rotatable bonds is 5. The maximum absolute atomic E-state index is 12.6. The normalized spacial score (nSPS) is 17.3. The number of thioether (sulfide) groups is 1. The number of aryl methyl sites for hydroxylation is 1. The summed E-state index contributed by atoms with van der Waals surface area (Å²) in [5.74, 6) is 0.110. The number of anilines is 1. The van der Waals surface area contributed by atoms with Crippen molar-refractivity contribution < 1.29 is 4.79 Å². The van der Waals surface area contributed by atoms with Crippen molar-refractivity contribution in [1.29, 1.82) is 0 Å². The summed E-state index contributed by atoms with van der Waals surface area (Å²) in [6, 6.07) is 6.20. The van der Waals surface area contributed by atoms with Crippen LogP contribution in [0.2, 0.25) is 0 Å². The summed E-state index contributed by atoms with van der Waals surface area (Å²) in [5, 5.41) is 4.44. The van der Waals surface area contributed by atoms with E-state index in [0.717, 1.165) is 21.8 Å². The summed E-state index contributed by atoms with van der Waals surface area (Å²) in [4.78, 5) is 17.1. The van der Waals surface area contributed by atoms with E-state index in [9.17, 15) is 4.79 Å².